The second kappa shape index (κ2) is 9.61. The van der Waals surface area contributed by atoms with Crippen LogP contribution in [0.3, 0.4) is 0 Å². The van der Waals surface area contributed by atoms with Crippen LogP contribution in [0.1, 0.15) is 61.0 Å². The molecular weight excluding hydrogens is 451 g/mol. The summed E-state index contributed by atoms with van der Waals surface area (Å²) >= 11 is 0. The number of nitrogens with zero attached hydrogens (tertiary/aromatic N) is 4. The predicted octanol–water partition coefficient (Wildman–Crippen LogP) is 2.16. The van der Waals surface area contributed by atoms with Crippen LogP contribution < -0.4 is 10.6 Å². The Morgan fingerprint density at radius 1 is 1.31 bits per heavy atom. The van der Waals surface area contributed by atoms with Gasteiger partial charge in [0.1, 0.15) is 18.3 Å². The summed E-state index contributed by atoms with van der Waals surface area (Å²) in [6, 6.07) is 2.72. The second-order valence-corrected chi connectivity index (χ2v) is 9.98. The molecule has 10 heteroatoms. The number of carbonyl (C=O) groups excluding carboxylic acids is 2. The fraction of sp³-hybridized carbons (Fsp3) is 0.440. The Hall–Kier alpha value is -3.53. The van der Waals surface area contributed by atoms with E-state index in [1.165, 1.54) is 12.4 Å². The van der Waals surface area contributed by atoms with Gasteiger partial charge in [-0.2, -0.15) is 0 Å². The van der Waals surface area contributed by atoms with Crippen LogP contribution in [-0.2, 0) is 17.8 Å². The number of aliphatic hydroxyl groups is 1. The number of aliphatic hydroxyl groups excluding tert-OH is 1. The van der Waals surface area contributed by atoms with Gasteiger partial charge in [-0.05, 0) is 48.8 Å². The van der Waals surface area contributed by atoms with Gasteiger partial charge in [-0.25, -0.2) is 4.39 Å². The van der Waals surface area contributed by atoms with Gasteiger partial charge in [0.25, 0.3) is 5.91 Å². The molecule has 4 rings (SSSR count). The van der Waals surface area contributed by atoms with Gasteiger partial charge in [0.2, 0.25) is 5.91 Å². The molecule has 3 heterocycles. The van der Waals surface area contributed by atoms with Crippen LogP contribution in [0, 0.1) is 11.2 Å². The normalized spacial score (nSPS) is 18.4. The first-order valence-electron chi connectivity index (χ1n) is 11.7. The number of carbonyl (C=O) groups is 2. The molecule has 2 aliphatic heterocycles. The highest BCUT2D eigenvalue weighted by Crippen LogP contribution is 2.27. The Bertz CT molecular complexity index is 1200. The molecule has 3 N–H and O–H groups in total. The molecule has 1 unspecified atom stereocenters. The molecule has 0 saturated heterocycles. The fourth-order valence-corrected chi connectivity index (χ4v) is 4.22. The van der Waals surface area contributed by atoms with Gasteiger partial charge >= 0.3 is 0 Å². The lowest BCUT2D eigenvalue weighted by atomic mass is 9.91. The average molecular weight is 483 g/mol. The minimum atomic E-state index is -0.605. The molecule has 2 amide bonds. The van der Waals surface area contributed by atoms with Crippen molar-refractivity contribution in [2.45, 2.75) is 52.9 Å². The average Bonchev–Trinajstić information content (AvgIpc) is 3.32. The zero-order valence-corrected chi connectivity index (χ0v) is 20.4. The van der Waals surface area contributed by atoms with Gasteiger partial charge < -0.3 is 25.2 Å². The van der Waals surface area contributed by atoms with Crippen LogP contribution in [0.4, 0.5) is 4.39 Å². The molecule has 35 heavy (non-hydrogen) atoms. The maximum absolute atomic E-state index is 14.9. The van der Waals surface area contributed by atoms with E-state index in [-0.39, 0.29) is 24.1 Å². The van der Waals surface area contributed by atoms with Crippen molar-refractivity contribution in [2.75, 3.05) is 13.2 Å². The molecular formula is C25H31FN6O3. The SMILES string of the molecule is C[C@H](CO)n1cnnc1C1=CC=CC(NC(=O)c2cc3c(cc2F)CCN(C(=O)C(C)(C)C)C3)N1. The Labute approximate surface area is 203 Å². The van der Waals surface area contributed by atoms with E-state index in [1.54, 1.807) is 33.8 Å². The van der Waals surface area contributed by atoms with Crippen LogP contribution in [0.15, 0.2) is 36.7 Å². The number of allylic oxidation sites excluding steroid dienone is 2. The Morgan fingerprint density at radius 3 is 2.80 bits per heavy atom. The van der Waals surface area contributed by atoms with Gasteiger partial charge in [0.05, 0.1) is 23.9 Å². The number of rotatable bonds is 5. The Balaban J connectivity index is 1.48. The highest BCUT2D eigenvalue weighted by molar-refractivity contribution is 5.95. The van der Waals surface area contributed by atoms with Gasteiger partial charge in [0, 0.05) is 18.5 Å². The van der Waals surface area contributed by atoms with Crippen molar-refractivity contribution in [3.05, 3.63) is 65.0 Å². The first kappa shape index (κ1) is 24.6. The molecule has 0 spiro atoms. The number of nitrogens with one attached hydrogen (secondary N) is 2. The first-order chi connectivity index (χ1) is 16.6. The first-order valence-corrected chi connectivity index (χ1v) is 11.7. The summed E-state index contributed by atoms with van der Waals surface area (Å²) in [5.74, 6) is -0.626. The Kier molecular flexibility index (Phi) is 6.75. The van der Waals surface area contributed by atoms with Gasteiger partial charge in [-0.15, -0.1) is 10.2 Å². The third-order valence-electron chi connectivity index (χ3n) is 6.19. The standard InChI is InChI=1S/C25H31FN6O3/c1-15(13-33)32-14-27-30-22(32)20-6-5-7-21(28-20)29-23(34)18-10-17-12-31(24(35)25(2,3)4)9-8-16(17)11-19(18)26/h5-7,10-11,14-15,21,28,33H,8-9,12-13H2,1-4H3,(H,29,34)/t15-,21?/m1/s1. The molecule has 1 aromatic carbocycles. The lowest BCUT2D eigenvalue weighted by Crippen LogP contribution is -2.45. The highest BCUT2D eigenvalue weighted by atomic mass is 19.1. The van der Waals surface area contributed by atoms with E-state index >= 15 is 0 Å². The molecule has 2 aliphatic rings. The number of amides is 2. The van der Waals surface area contributed by atoms with Crippen LogP contribution in [0.2, 0.25) is 0 Å². The summed E-state index contributed by atoms with van der Waals surface area (Å²) in [6.45, 7) is 8.24. The topological polar surface area (TPSA) is 112 Å². The Morgan fingerprint density at radius 2 is 2.09 bits per heavy atom. The van der Waals surface area contributed by atoms with E-state index in [2.05, 4.69) is 20.8 Å². The molecule has 0 saturated carbocycles. The number of dihydropyridines is 1. The van der Waals surface area contributed by atoms with Crippen molar-refractivity contribution < 1.29 is 19.1 Å². The number of hydrogen-bond acceptors (Lipinski definition) is 6. The van der Waals surface area contributed by atoms with Crippen molar-refractivity contribution in [1.29, 1.82) is 0 Å². The molecule has 9 nitrogen and oxygen atoms in total. The van der Waals surface area contributed by atoms with E-state index in [1.807, 2.05) is 27.7 Å². The summed E-state index contributed by atoms with van der Waals surface area (Å²) in [4.78, 5) is 27.5. The summed E-state index contributed by atoms with van der Waals surface area (Å²) in [6.07, 6.45) is 6.75. The minimum absolute atomic E-state index is 0.0257. The molecule has 186 valence electrons. The zero-order valence-electron chi connectivity index (χ0n) is 20.4. The summed E-state index contributed by atoms with van der Waals surface area (Å²) < 4.78 is 16.6. The van der Waals surface area contributed by atoms with Crippen molar-refractivity contribution in [1.82, 2.24) is 30.3 Å². The molecule has 0 radical (unpaired) electrons. The van der Waals surface area contributed by atoms with E-state index in [9.17, 15) is 19.1 Å². The molecule has 0 fully saturated rings. The van der Waals surface area contributed by atoms with Gasteiger partial charge in [-0.3, -0.25) is 9.59 Å². The maximum Gasteiger partial charge on any atom is 0.256 e. The summed E-state index contributed by atoms with van der Waals surface area (Å²) in [7, 11) is 0. The van der Waals surface area contributed by atoms with E-state index < -0.39 is 23.3 Å². The van der Waals surface area contributed by atoms with Crippen molar-refractivity contribution in [3.8, 4) is 0 Å². The number of hydrogen-bond donors (Lipinski definition) is 3. The smallest absolute Gasteiger partial charge is 0.256 e. The van der Waals surface area contributed by atoms with Crippen molar-refractivity contribution in [2.24, 2.45) is 5.41 Å². The van der Waals surface area contributed by atoms with Crippen molar-refractivity contribution in [3.63, 3.8) is 0 Å². The maximum atomic E-state index is 14.9. The fourth-order valence-electron chi connectivity index (χ4n) is 4.22. The molecule has 0 aliphatic carbocycles. The van der Waals surface area contributed by atoms with Gasteiger partial charge in [-0.1, -0.05) is 26.8 Å². The summed E-state index contributed by atoms with van der Waals surface area (Å²) in [5, 5.41) is 23.5. The number of fused-ring (bicyclic) bond motifs is 1. The monoisotopic (exact) mass is 482 g/mol. The largest absolute Gasteiger partial charge is 0.394 e. The van der Waals surface area contributed by atoms with Crippen molar-refractivity contribution >= 4 is 17.5 Å². The number of halogens is 1. The lowest BCUT2D eigenvalue weighted by molar-refractivity contribution is -0.140. The quantitative estimate of drug-likeness (QED) is 0.602. The van der Waals surface area contributed by atoms with Crippen LogP contribution in [0.25, 0.3) is 5.70 Å². The number of benzene rings is 1. The van der Waals surface area contributed by atoms with Crippen LogP contribution >= 0.6 is 0 Å². The molecule has 1 aromatic heterocycles. The lowest BCUT2D eigenvalue weighted by Gasteiger charge is -2.34. The van der Waals surface area contributed by atoms with E-state index in [0.717, 1.165) is 11.1 Å². The third-order valence-corrected chi connectivity index (χ3v) is 6.19. The van der Waals surface area contributed by atoms with E-state index in [0.29, 0.717) is 31.0 Å². The third kappa shape index (κ3) is 5.12. The zero-order chi connectivity index (χ0) is 25.3. The van der Waals surface area contributed by atoms with Gasteiger partial charge in [0.15, 0.2) is 5.82 Å². The highest BCUT2D eigenvalue weighted by Gasteiger charge is 2.31. The predicted molar refractivity (Wildman–Crippen MR) is 128 cm³/mol. The minimum Gasteiger partial charge on any atom is -0.394 e. The molecule has 2 atom stereocenters. The van der Waals surface area contributed by atoms with Crippen LogP contribution in [0.5, 0.6) is 0 Å². The second-order valence-electron chi connectivity index (χ2n) is 9.98. The summed E-state index contributed by atoms with van der Waals surface area (Å²) in [5.41, 5.74) is 1.62. The van der Waals surface area contributed by atoms with E-state index in [4.69, 9.17) is 0 Å². The molecule has 0 bridgehead atoms. The number of aromatic nitrogens is 3. The van der Waals surface area contributed by atoms with Crippen LogP contribution in [-0.4, -0.2) is 55.9 Å². The molecule has 2 aromatic rings.